The molecule has 0 saturated carbocycles. The number of methoxy groups -OCH3 is 1. The summed E-state index contributed by atoms with van der Waals surface area (Å²) in [7, 11) is -2.09. The first-order valence-corrected chi connectivity index (χ1v) is 16.2. The van der Waals surface area contributed by atoms with Crippen LogP contribution in [-0.4, -0.2) is 57.1 Å². The fourth-order valence-electron chi connectivity index (χ4n) is 4.65. The Morgan fingerprint density at radius 3 is 2.26 bits per heavy atom. The van der Waals surface area contributed by atoms with Crippen LogP contribution in [0.15, 0.2) is 78.9 Å². The summed E-state index contributed by atoms with van der Waals surface area (Å²) in [6.45, 7) is 6.32. The summed E-state index contributed by atoms with van der Waals surface area (Å²) in [5, 5.41) is 3.07. The second kappa shape index (κ2) is 15.4. The maximum atomic E-state index is 13.9. The van der Waals surface area contributed by atoms with Crippen LogP contribution in [0.2, 0.25) is 0 Å². The Kier molecular flexibility index (Phi) is 12.0. The van der Waals surface area contributed by atoms with Gasteiger partial charge in [-0.1, -0.05) is 73.2 Å². The first kappa shape index (κ1) is 32.7. The minimum atomic E-state index is -3.61. The van der Waals surface area contributed by atoms with Crippen molar-refractivity contribution in [2.24, 2.45) is 0 Å². The van der Waals surface area contributed by atoms with E-state index < -0.39 is 16.1 Å². The third-order valence-corrected chi connectivity index (χ3v) is 8.43. The number of anilines is 1. The minimum Gasteiger partial charge on any atom is -0.497 e. The second-order valence-electron chi connectivity index (χ2n) is 10.7. The molecule has 3 aromatic carbocycles. The van der Waals surface area contributed by atoms with E-state index in [1.807, 2.05) is 75.4 Å². The van der Waals surface area contributed by atoms with Crippen LogP contribution in [0, 0.1) is 6.92 Å². The van der Waals surface area contributed by atoms with E-state index in [0.717, 1.165) is 29.4 Å². The highest BCUT2D eigenvalue weighted by Crippen LogP contribution is 2.24. The summed E-state index contributed by atoms with van der Waals surface area (Å²) in [6, 6.07) is 23.6. The summed E-state index contributed by atoms with van der Waals surface area (Å²) in [5.41, 5.74) is 3.43. The zero-order chi connectivity index (χ0) is 30.7. The number of nitrogens with one attached hydrogen (secondary N) is 1. The Morgan fingerprint density at radius 1 is 0.952 bits per heavy atom. The quantitative estimate of drug-likeness (QED) is 0.264. The van der Waals surface area contributed by atoms with Gasteiger partial charge >= 0.3 is 0 Å². The third-order valence-electron chi connectivity index (χ3n) is 7.24. The number of hydrogen-bond acceptors (Lipinski definition) is 5. The van der Waals surface area contributed by atoms with Crippen LogP contribution in [0.1, 0.15) is 49.8 Å². The smallest absolute Gasteiger partial charge is 0.243 e. The van der Waals surface area contributed by atoms with Crippen LogP contribution in [0.5, 0.6) is 5.75 Å². The number of amides is 2. The monoisotopic (exact) mass is 593 g/mol. The molecule has 1 N–H and O–H groups in total. The molecule has 0 aliphatic carbocycles. The van der Waals surface area contributed by atoms with E-state index in [1.165, 1.54) is 11.4 Å². The molecule has 0 radical (unpaired) electrons. The number of benzene rings is 3. The van der Waals surface area contributed by atoms with Crippen molar-refractivity contribution in [2.75, 3.05) is 24.2 Å². The molecule has 0 heterocycles. The molecule has 42 heavy (non-hydrogen) atoms. The number of ether oxygens (including phenoxy) is 1. The standard InChI is InChI=1S/C33H43N3O5S/c1-6-26(3)34-33(38)31(22-27-12-8-7-9-13-27)35(24-28-19-17-25(2)18-20-28)32(37)16-11-21-36(42(5,39)40)29-14-10-15-30(23-29)41-4/h7-10,12-15,17-20,23,26,31H,6,11,16,21-22,24H2,1-5H3,(H,34,38)/t26-,31+/m1/s1. The zero-order valence-electron chi connectivity index (χ0n) is 25.2. The highest BCUT2D eigenvalue weighted by Gasteiger charge is 2.31. The number of rotatable bonds is 15. The lowest BCUT2D eigenvalue weighted by atomic mass is 10.0. The molecule has 0 bridgehead atoms. The summed E-state index contributed by atoms with van der Waals surface area (Å²) >= 11 is 0. The van der Waals surface area contributed by atoms with Gasteiger partial charge in [0.05, 0.1) is 19.1 Å². The Balaban J connectivity index is 1.89. The number of carbonyl (C=O) groups excluding carboxylic acids is 2. The van der Waals surface area contributed by atoms with Crippen molar-refractivity contribution in [1.82, 2.24) is 10.2 Å². The van der Waals surface area contributed by atoms with Gasteiger partial charge in [0.15, 0.2) is 0 Å². The van der Waals surface area contributed by atoms with Gasteiger partial charge < -0.3 is 15.0 Å². The van der Waals surface area contributed by atoms with Crippen LogP contribution in [0.3, 0.4) is 0 Å². The van der Waals surface area contributed by atoms with E-state index in [0.29, 0.717) is 17.9 Å². The number of nitrogens with zero attached hydrogens (tertiary/aromatic N) is 2. The summed E-state index contributed by atoms with van der Waals surface area (Å²) < 4.78 is 31.9. The van der Waals surface area contributed by atoms with Crippen molar-refractivity contribution < 1.29 is 22.7 Å². The molecule has 3 rings (SSSR count). The van der Waals surface area contributed by atoms with Gasteiger partial charge in [-0.25, -0.2) is 8.42 Å². The topological polar surface area (TPSA) is 96.0 Å². The van der Waals surface area contributed by atoms with Gasteiger partial charge in [0, 0.05) is 38.0 Å². The Morgan fingerprint density at radius 2 is 1.64 bits per heavy atom. The summed E-state index contributed by atoms with van der Waals surface area (Å²) in [4.78, 5) is 29.2. The van der Waals surface area contributed by atoms with Gasteiger partial charge in [0.1, 0.15) is 11.8 Å². The zero-order valence-corrected chi connectivity index (χ0v) is 26.1. The number of aryl methyl sites for hydroxylation is 1. The largest absolute Gasteiger partial charge is 0.497 e. The maximum Gasteiger partial charge on any atom is 0.243 e. The van der Waals surface area contributed by atoms with Gasteiger partial charge in [-0.3, -0.25) is 13.9 Å². The average molecular weight is 594 g/mol. The Labute approximate surface area is 250 Å². The molecular formula is C33H43N3O5S. The first-order chi connectivity index (χ1) is 20.0. The third kappa shape index (κ3) is 9.62. The van der Waals surface area contributed by atoms with Crippen molar-refractivity contribution >= 4 is 27.5 Å². The molecule has 0 aliphatic rings. The highest BCUT2D eigenvalue weighted by atomic mass is 32.2. The van der Waals surface area contributed by atoms with E-state index in [-0.39, 0.29) is 43.8 Å². The molecule has 2 amide bonds. The average Bonchev–Trinajstić information content (AvgIpc) is 2.97. The molecule has 9 heteroatoms. The molecule has 0 fully saturated rings. The number of carbonyl (C=O) groups is 2. The van der Waals surface area contributed by atoms with Crippen LogP contribution in [0.4, 0.5) is 5.69 Å². The fourth-order valence-corrected chi connectivity index (χ4v) is 5.61. The van der Waals surface area contributed by atoms with E-state index in [1.54, 1.807) is 29.2 Å². The SMILES string of the molecule is CC[C@@H](C)NC(=O)[C@H](Cc1ccccc1)N(Cc1ccc(C)cc1)C(=O)CCCN(c1cccc(OC)c1)S(C)(=O)=O. The van der Waals surface area contributed by atoms with E-state index in [9.17, 15) is 18.0 Å². The molecular weight excluding hydrogens is 550 g/mol. The molecule has 0 unspecified atom stereocenters. The van der Waals surface area contributed by atoms with Crippen molar-refractivity contribution in [1.29, 1.82) is 0 Å². The van der Waals surface area contributed by atoms with Crippen molar-refractivity contribution in [3.05, 3.63) is 95.6 Å². The number of sulfonamides is 1. The lowest BCUT2D eigenvalue weighted by Crippen LogP contribution is -2.52. The van der Waals surface area contributed by atoms with E-state index >= 15 is 0 Å². The predicted molar refractivity (Wildman–Crippen MR) is 168 cm³/mol. The van der Waals surface area contributed by atoms with Crippen LogP contribution in [-0.2, 0) is 32.6 Å². The Bertz CT molecular complexity index is 1410. The van der Waals surface area contributed by atoms with Gasteiger partial charge in [-0.15, -0.1) is 0 Å². The number of hydrogen-bond donors (Lipinski definition) is 1. The Hall–Kier alpha value is -3.85. The predicted octanol–water partition coefficient (Wildman–Crippen LogP) is 5.10. The fraction of sp³-hybridized carbons (Fsp3) is 0.394. The van der Waals surface area contributed by atoms with Crippen LogP contribution >= 0.6 is 0 Å². The van der Waals surface area contributed by atoms with Crippen LogP contribution < -0.4 is 14.4 Å². The second-order valence-corrected chi connectivity index (χ2v) is 12.6. The molecule has 0 aromatic heterocycles. The summed E-state index contributed by atoms with van der Waals surface area (Å²) in [5.74, 6) is 0.121. The maximum absolute atomic E-state index is 13.9. The molecule has 0 saturated heterocycles. The molecule has 3 aromatic rings. The minimum absolute atomic E-state index is 0.0433. The van der Waals surface area contributed by atoms with Crippen LogP contribution in [0.25, 0.3) is 0 Å². The van der Waals surface area contributed by atoms with Gasteiger partial charge in [-0.05, 0) is 49.9 Å². The lowest BCUT2D eigenvalue weighted by Gasteiger charge is -2.32. The van der Waals surface area contributed by atoms with E-state index in [2.05, 4.69) is 5.32 Å². The normalized spacial score (nSPS) is 12.7. The summed E-state index contributed by atoms with van der Waals surface area (Å²) in [6.07, 6.45) is 2.62. The molecule has 8 nitrogen and oxygen atoms in total. The van der Waals surface area contributed by atoms with Gasteiger partial charge in [-0.2, -0.15) is 0 Å². The van der Waals surface area contributed by atoms with Crippen molar-refractivity contribution in [3.63, 3.8) is 0 Å². The van der Waals surface area contributed by atoms with Crippen molar-refractivity contribution in [3.8, 4) is 5.75 Å². The lowest BCUT2D eigenvalue weighted by molar-refractivity contribution is -0.141. The highest BCUT2D eigenvalue weighted by molar-refractivity contribution is 7.92. The van der Waals surface area contributed by atoms with Gasteiger partial charge in [0.25, 0.3) is 0 Å². The molecule has 2 atom stereocenters. The first-order valence-electron chi connectivity index (χ1n) is 14.3. The molecule has 0 aliphatic heterocycles. The molecule has 226 valence electrons. The van der Waals surface area contributed by atoms with E-state index in [4.69, 9.17) is 4.74 Å². The molecule has 0 spiro atoms. The van der Waals surface area contributed by atoms with Gasteiger partial charge in [0.2, 0.25) is 21.8 Å². The van der Waals surface area contributed by atoms with Crippen molar-refractivity contribution in [2.45, 2.75) is 65.1 Å².